The second-order valence-corrected chi connectivity index (χ2v) is 5.11. The van der Waals surface area contributed by atoms with Gasteiger partial charge in [0.2, 0.25) is 0 Å². The van der Waals surface area contributed by atoms with Crippen LogP contribution in [0.25, 0.3) is 0 Å². The lowest BCUT2D eigenvalue weighted by molar-refractivity contribution is -0.144. The van der Waals surface area contributed by atoms with E-state index in [1.54, 1.807) is 0 Å². The predicted molar refractivity (Wildman–Crippen MR) is 77.7 cm³/mol. The number of esters is 1. The van der Waals surface area contributed by atoms with Gasteiger partial charge in [0.1, 0.15) is 19.0 Å². The third-order valence-corrected chi connectivity index (χ3v) is 3.57. The Morgan fingerprint density at radius 1 is 1.15 bits per heavy atom. The van der Waals surface area contributed by atoms with Crippen molar-refractivity contribution in [1.29, 1.82) is 0 Å². The molecule has 0 spiro atoms. The number of rotatable bonds is 7. The van der Waals surface area contributed by atoms with Crippen LogP contribution in [0.3, 0.4) is 0 Å². The Labute approximate surface area is 120 Å². The molecule has 1 N–H and O–H groups in total. The maximum absolute atomic E-state index is 11.6. The van der Waals surface area contributed by atoms with Crippen LogP contribution >= 0.6 is 0 Å². The normalized spacial score (nSPS) is 15.8. The van der Waals surface area contributed by atoms with Gasteiger partial charge in [-0.25, -0.2) is 0 Å². The summed E-state index contributed by atoms with van der Waals surface area (Å²) in [6.07, 6.45) is 3.81. The molecule has 1 aliphatic rings. The third kappa shape index (κ3) is 5.61. The predicted octanol–water partition coefficient (Wildman–Crippen LogP) is 2.39. The lowest BCUT2D eigenvalue weighted by Gasteiger charge is -2.21. The first kappa shape index (κ1) is 14.9. The van der Waals surface area contributed by atoms with E-state index >= 15 is 0 Å². The van der Waals surface area contributed by atoms with Crippen LogP contribution in [-0.2, 0) is 9.53 Å². The SMILES string of the molecule is O=C(CCC1CCNCC1)OCCOc1ccccc1. The standard InChI is InChI=1S/C16H23NO3/c18-16(7-6-14-8-10-17-11-9-14)20-13-12-19-15-4-2-1-3-5-15/h1-5,14,17H,6-13H2. The van der Waals surface area contributed by atoms with Crippen molar-refractivity contribution >= 4 is 5.97 Å². The largest absolute Gasteiger partial charge is 0.490 e. The molecule has 1 aromatic carbocycles. The van der Waals surface area contributed by atoms with Crippen molar-refractivity contribution in [3.63, 3.8) is 0 Å². The summed E-state index contributed by atoms with van der Waals surface area (Å²) in [5.74, 6) is 1.36. The van der Waals surface area contributed by atoms with E-state index in [4.69, 9.17) is 9.47 Å². The van der Waals surface area contributed by atoms with Gasteiger partial charge < -0.3 is 14.8 Å². The second kappa shape index (κ2) is 8.59. The summed E-state index contributed by atoms with van der Waals surface area (Å²) in [4.78, 5) is 11.6. The van der Waals surface area contributed by atoms with Crippen molar-refractivity contribution in [2.45, 2.75) is 25.7 Å². The van der Waals surface area contributed by atoms with Gasteiger partial charge in [0, 0.05) is 6.42 Å². The molecule has 1 fully saturated rings. The van der Waals surface area contributed by atoms with Crippen LogP contribution in [0.5, 0.6) is 5.75 Å². The molecule has 1 heterocycles. The number of benzene rings is 1. The highest BCUT2D eigenvalue weighted by atomic mass is 16.6. The minimum Gasteiger partial charge on any atom is -0.490 e. The molecule has 0 radical (unpaired) electrons. The molecule has 1 aliphatic heterocycles. The van der Waals surface area contributed by atoms with Gasteiger partial charge in [-0.15, -0.1) is 0 Å². The van der Waals surface area contributed by atoms with Crippen LogP contribution in [0.1, 0.15) is 25.7 Å². The molecule has 4 nitrogen and oxygen atoms in total. The molecule has 0 saturated carbocycles. The van der Waals surface area contributed by atoms with E-state index in [0.717, 1.165) is 25.3 Å². The van der Waals surface area contributed by atoms with Gasteiger partial charge in [0.05, 0.1) is 0 Å². The Hall–Kier alpha value is -1.55. The maximum Gasteiger partial charge on any atom is 0.305 e. The van der Waals surface area contributed by atoms with E-state index in [1.165, 1.54) is 12.8 Å². The second-order valence-electron chi connectivity index (χ2n) is 5.11. The van der Waals surface area contributed by atoms with E-state index in [0.29, 0.717) is 25.6 Å². The average Bonchev–Trinajstić information content (AvgIpc) is 2.52. The minimum absolute atomic E-state index is 0.111. The van der Waals surface area contributed by atoms with Crippen LogP contribution in [-0.4, -0.2) is 32.3 Å². The molecule has 0 atom stereocenters. The summed E-state index contributed by atoms with van der Waals surface area (Å²) in [7, 11) is 0. The molecule has 1 aromatic rings. The first-order valence-electron chi connectivity index (χ1n) is 7.39. The van der Waals surface area contributed by atoms with E-state index < -0.39 is 0 Å². The van der Waals surface area contributed by atoms with Crippen LogP contribution in [0.4, 0.5) is 0 Å². The van der Waals surface area contributed by atoms with Gasteiger partial charge in [-0.2, -0.15) is 0 Å². The minimum atomic E-state index is -0.111. The zero-order valence-electron chi connectivity index (χ0n) is 11.8. The monoisotopic (exact) mass is 277 g/mol. The lowest BCUT2D eigenvalue weighted by Crippen LogP contribution is -2.28. The summed E-state index contributed by atoms with van der Waals surface area (Å²) in [6.45, 7) is 2.87. The molecular weight excluding hydrogens is 254 g/mol. The summed E-state index contributed by atoms with van der Waals surface area (Å²) in [6, 6.07) is 9.55. The molecular formula is C16H23NO3. The number of para-hydroxylation sites is 1. The smallest absolute Gasteiger partial charge is 0.305 e. The van der Waals surface area contributed by atoms with Crippen molar-refractivity contribution in [3.8, 4) is 5.75 Å². The van der Waals surface area contributed by atoms with Crippen LogP contribution in [0.2, 0.25) is 0 Å². The van der Waals surface area contributed by atoms with E-state index in [1.807, 2.05) is 30.3 Å². The first-order valence-corrected chi connectivity index (χ1v) is 7.39. The summed E-state index contributed by atoms with van der Waals surface area (Å²) in [5.41, 5.74) is 0. The first-order chi connectivity index (χ1) is 9.84. The molecule has 0 aromatic heterocycles. The average molecular weight is 277 g/mol. The van der Waals surface area contributed by atoms with Crippen molar-refractivity contribution < 1.29 is 14.3 Å². The zero-order chi connectivity index (χ0) is 14.0. The number of piperidine rings is 1. The molecule has 0 unspecified atom stereocenters. The number of hydrogen-bond acceptors (Lipinski definition) is 4. The molecule has 110 valence electrons. The molecule has 4 heteroatoms. The van der Waals surface area contributed by atoms with Gasteiger partial charge in [-0.3, -0.25) is 4.79 Å². The Morgan fingerprint density at radius 2 is 1.90 bits per heavy atom. The Bertz CT molecular complexity index is 388. The van der Waals surface area contributed by atoms with Gasteiger partial charge in [0.25, 0.3) is 0 Å². The fraction of sp³-hybridized carbons (Fsp3) is 0.562. The molecule has 0 amide bonds. The summed E-state index contributed by atoms with van der Waals surface area (Å²) < 4.78 is 10.6. The van der Waals surface area contributed by atoms with Crippen LogP contribution < -0.4 is 10.1 Å². The van der Waals surface area contributed by atoms with Gasteiger partial charge in [0.15, 0.2) is 0 Å². The number of ether oxygens (including phenoxy) is 2. The van der Waals surface area contributed by atoms with Crippen molar-refractivity contribution in [1.82, 2.24) is 5.32 Å². The number of nitrogens with one attached hydrogen (secondary N) is 1. The highest BCUT2D eigenvalue weighted by Crippen LogP contribution is 2.17. The molecule has 0 bridgehead atoms. The van der Waals surface area contributed by atoms with Gasteiger partial charge >= 0.3 is 5.97 Å². The van der Waals surface area contributed by atoms with Gasteiger partial charge in [-0.05, 0) is 50.4 Å². The molecule has 1 saturated heterocycles. The van der Waals surface area contributed by atoms with E-state index in [-0.39, 0.29) is 5.97 Å². The molecule has 0 aliphatic carbocycles. The summed E-state index contributed by atoms with van der Waals surface area (Å²) >= 11 is 0. The van der Waals surface area contributed by atoms with Crippen LogP contribution in [0.15, 0.2) is 30.3 Å². The quantitative estimate of drug-likeness (QED) is 0.614. The molecule has 2 rings (SSSR count). The Kier molecular flexibility index (Phi) is 6.38. The van der Waals surface area contributed by atoms with Crippen molar-refractivity contribution in [2.75, 3.05) is 26.3 Å². The zero-order valence-corrected chi connectivity index (χ0v) is 11.8. The highest BCUT2D eigenvalue weighted by molar-refractivity contribution is 5.69. The fourth-order valence-corrected chi connectivity index (χ4v) is 2.40. The third-order valence-electron chi connectivity index (χ3n) is 3.57. The molecule has 20 heavy (non-hydrogen) atoms. The van der Waals surface area contributed by atoms with E-state index in [9.17, 15) is 4.79 Å². The topological polar surface area (TPSA) is 47.6 Å². The fourth-order valence-electron chi connectivity index (χ4n) is 2.40. The van der Waals surface area contributed by atoms with E-state index in [2.05, 4.69) is 5.32 Å². The van der Waals surface area contributed by atoms with Gasteiger partial charge in [-0.1, -0.05) is 18.2 Å². The lowest BCUT2D eigenvalue weighted by atomic mass is 9.93. The summed E-state index contributed by atoms with van der Waals surface area (Å²) in [5, 5.41) is 3.33. The highest BCUT2D eigenvalue weighted by Gasteiger charge is 2.14. The van der Waals surface area contributed by atoms with Crippen molar-refractivity contribution in [3.05, 3.63) is 30.3 Å². The Morgan fingerprint density at radius 3 is 2.65 bits per heavy atom. The van der Waals surface area contributed by atoms with Crippen molar-refractivity contribution in [2.24, 2.45) is 5.92 Å². The Balaban J connectivity index is 1.51. The maximum atomic E-state index is 11.6. The van der Waals surface area contributed by atoms with Crippen LogP contribution in [0, 0.1) is 5.92 Å². The number of carbonyl (C=O) groups is 1. The number of hydrogen-bond donors (Lipinski definition) is 1. The number of carbonyl (C=O) groups excluding carboxylic acids is 1.